The van der Waals surface area contributed by atoms with Crippen LogP contribution in [0.15, 0.2) is 29.1 Å². The van der Waals surface area contributed by atoms with Crippen molar-refractivity contribution in [1.29, 1.82) is 0 Å². The van der Waals surface area contributed by atoms with Gasteiger partial charge in [0.05, 0.1) is 19.5 Å². The third-order valence-electron chi connectivity index (χ3n) is 2.54. The first-order chi connectivity index (χ1) is 9.11. The molecule has 0 aliphatic rings. The van der Waals surface area contributed by atoms with Crippen LogP contribution in [0.3, 0.4) is 0 Å². The maximum atomic E-state index is 11.4. The molecular formula is C13H14N2O4. The number of esters is 1. The van der Waals surface area contributed by atoms with Gasteiger partial charge in [-0.1, -0.05) is 0 Å². The number of methoxy groups -OCH3 is 1. The summed E-state index contributed by atoms with van der Waals surface area (Å²) in [5, 5.41) is 0. The quantitative estimate of drug-likeness (QED) is 0.787. The second-order valence-corrected chi connectivity index (χ2v) is 3.96. The Bertz CT molecular complexity index is 566. The molecule has 100 valence electrons. The molecule has 2 aromatic rings. The fraction of sp³-hybridized carbons (Fsp3) is 0.308. The molecule has 0 aliphatic carbocycles. The highest BCUT2D eigenvalue weighted by atomic mass is 16.5. The fourth-order valence-corrected chi connectivity index (χ4v) is 1.61. The van der Waals surface area contributed by atoms with Crippen LogP contribution in [-0.2, 0) is 4.74 Å². The monoisotopic (exact) mass is 262 g/mol. The van der Waals surface area contributed by atoms with Crippen LogP contribution in [0, 0.1) is 6.92 Å². The molecule has 0 N–H and O–H groups in total. The van der Waals surface area contributed by atoms with Gasteiger partial charge in [0.2, 0.25) is 5.89 Å². The van der Waals surface area contributed by atoms with Crippen LogP contribution in [0.5, 0.6) is 5.75 Å². The standard InChI is InChI=1S/C13H14N2O4/c1-8-6-10(7-15-11(8)13(16)17-3)19-9(2)12-14-4-5-18-12/h4-7,9H,1-3H3/t9-/m1/s1. The largest absolute Gasteiger partial charge is 0.479 e. The van der Waals surface area contributed by atoms with E-state index in [0.29, 0.717) is 17.2 Å². The van der Waals surface area contributed by atoms with Gasteiger partial charge in [0, 0.05) is 0 Å². The van der Waals surface area contributed by atoms with Crippen molar-refractivity contribution < 1.29 is 18.7 Å². The number of rotatable bonds is 4. The zero-order valence-electron chi connectivity index (χ0n) is 10.9. The molecule has 0 saturated heterocycles. The van der Waals surface area contributed by atoms with E-state index < -0.39 is 5.97 Å². The SMILES string of the molecule is COC(=O)c1ncc(O[C@H](C)c2ncco2)cc1C. The van der Waals surface area contributed by atoms with Crippen LogP contribution in [-0.4, -0.2) is 23.0 Å². The summed E-state index contributed by atoms with van der Waals surface area (Å²) >= 11 is 0. The number of carbonyl (C=O) groups is 1. The number of aryl methyl sites for hydroxylation is 1. The first-order valence-corrected chi connectivity index (χ1v) is 5.73. The first-order valence-electron chi connectivity index (χ1n) is 5.73. The highest BCUT2D eigenvalue weighted by Crippen LogP contribution is 2.21. The lowest BCUT2D eigenvalue weighted by molar-refractivity contribution is 0.0593. The second kappa shape index (κ2) is 5.51. The lowest BCUT2D eigenvalue weighted by Crippen LogP contribution is -2.08. The number of oxazole rings is 1. The minimum absolute atomic E-state index is 0.277. The van der Waals surface area contributed by atoms with Crippen molar-refractivity contribution in [2.24, 2.45) is 0 Å². The van der Waals surface area contributed by atoms with Crippen LogP contribution >= 0.6 is 0 Å². The fourth-order valence-electron chi connectivity index (χ4n) is 1.61. The minimum atomic E-state index is -0.468. The van der Waals surface area contributed by atoms with Gasteiger partial charge in [0.1, 0.15) is 12.0 Å². The first kappa shape index (κ1) is 13.1. The number of carbonyl (C=O) groups excluding carboxylic acids is 1. The Labute approximate surface area is 110 Å². The summed E-state index contributed by atoms with van der Waals surface area (Å²) in [5.74, 6) is 0.551. The number of aromatic nitrogens is 2. The predicted octanol–water partition coefficient (Wildman–Crippen LogP) is 2.30. The van der Waals surface area contributed by atoms with Crippen molar-refractivity contribution in [2.45, 2.75) is 20.0 Å². The van der Waals surface area contributed by atoms with Crippen LogP contribution < -0.4 is 4.74 Å². The molecule has 0 fully saturated rings. The second-order valence-electron chi connectivity index (χ2n) is 3.96. The molecule has 2 aromatic heterocycles. The summed E-state index contributed by atoms with van der Waals surface area (Å²) in [4.78, 5) is 19.4. The molecule has 0 aliphatic heterocycles. The average molecular weight is 262 g/mol. The highest BCUT2D eigenvalue weighted by Gasteiger charge is 2.15. The molecule has 0 aromatic carbocycles. The van der Waals surface area contributed by atoms with E-state index in [1.54, 1.807) is 19.2 Å². The molecule has 0 spiro atoms. The van der Waals surface area contributed by atoms with E-state index >= 15 is 0 Å². The molecule has 1 atom stereocenters. The summed E-state index contributed by atoms with van der Waals surface area (Å²) < 4.78 is 15.4. The molecule has 0 amide bonds. The molecule has 0 radical (unpaired) electrons. The van der Waals surface area contributed by atoms with E-state index in [1.165, 1.54) is 19.6 Å². The van der Waals surface area contributed by atoms with Crippen LogP contribution in [0.4, 0.5) is 0 Å². The Balaban J connectivity index is 2.14. The Kier molecular flexibility index (Phi) is 3.79. The number of pyridine rings is 1. The molecule has 2 heterocycles. The molecule has 6 nitrogen and oxygen atoms in total. The van der Waals surface area contributed by atoms with Crippen molar-refractivity contribution in [2.75, 3.05) is 7.11 Å². The summed E-state index contributed by atoms with van der Waals surface area (Å²) in [5.41, 5.74) is 0.961. The van der Waals surface area contributed by atoms with E-state index in [2.05, 4.69) is 14.7 Å². The van der Waals surface area contributed by atoms with Crippen molar-refractivity contribution in [3.8, 4) is 5.75 Å². The maximum absolute atomic E-state index is 11.4. The minimum Gasteiger partial charge on any atom is -0.479 e. The molecular weight excluding hydrogens is 248 g/mol. The molecule has 0 bridgehead atoms. The van der Waals surface area contributed by atoms with Gasteiger partial charge in [-0.2, -0.15) is 0 Å². The number of hydrogen-bond acceptors (Lipinski definition) is 6. The molecule has 19 heavy (non-hydrogen) atoms. The van der Waals surface area contributed by atoms with Crippen molar-refractivity contribution in [3.05, 3.63) is 41.9 Å². The zero-order valence-corrected chi connectivity index (χ0v) is 10.9. The van der Waals surface area contributed by atoms with E-state index in [1.807, 2.05) is 6.92 Å². The van der Waals surface area contributed by atoms with Gasteiger partial charge < -0.3 is 13.9 Å². The van der Waals surface area contributed by atoms with Gasteiger partial charge in [-0.15, -0.1) is 0 Å². The normalized spacial score (nSPS) is 11.9. The Hall–Kier alpha value is -2.37. The molecule has 0 unspecified atom stereocenters. The van der Waals surface area contributed by atoms with Gasteiger partial charge in [0.15, 0.2) is 11.8 Å². The summed E-state index contributed by atoms with van der Waals surface area (Å²) in [6.45, 7) is 3.58. The predicted molar refractivity (Wildman–Crippen MR) is 65.9 cm³/mol. The summed E-state index contributed by atoms with van der Waals surface area (Å²) in [6, 6.07) is 1.72. The number of hydrogen-bond donors (Lipinski definition) is 0. The van der Waals surface area contributed by atoms with Crippen molar-refractivity contribution in [1.82, 2.24) is 9.97 Å². The van der Waals surface area contributed by atoms with Gasteiger partial charge in [0.25, 0.3) is 0 Å². The molecule has 0 saturated carbocycles. The Morgan fingerprint density at radius 3 is 2.79 bits per heavy atom. The zero-order chi connectivity index (χ0) is 13.8. The smallest absolute Gasteiger partial charge is 0.356 e. The third kappa shape index (κ3) is 2.90. The molecule has 6 heteroatoms. The van der Waals surface area contributed by atoms with E-state index in [4.69, 9.17) is 9.15 Å². The van der Waals surface area contributed by atoms with Gasteiger partial charge in [-0.05, 0) is 25.5 Å². The highest BCUT2D eigenvalue weighted by molar-refractivity contribution is 5.88. The average Bonchev–Trinajstić information content (AvgIpc) is 2.92. The Morgan fingerprint density at radius 1 is 1.42 bits per heavy atom. The van der Waals surface area contributed by atoms with E-state index in [0.717, 1.165) is 0 Å². The molecule has 2 rings (SSSR count). The number of ether oxygens (including phenoxy) is 2. The van der Waals surface area contributed by atoms with Crippen molar-refractivity contribution >= 4 is 5.97 Å². The van der Waals surface area contributed by atoms with E-state index in [-0.39, 0.29) is 11.8 Å². The van der Waals surface area contributed by atoms with Gasteiger partial charge >= 0.3 is 5.97 Å². The van der Waals surface area contributed by atoms with Gasteiger partial charge in [-0.25, -0.2) is 14.8 Å². The summed E-state index contributed by atoms with van der Waals surface area (Å²) in [7, 11) is 1.32. The number of nitrogens with zero attached hydrogens (tertiary/aromatic N) is 2. The lowest BCUT2D eigenvalue weighted by atomic mass is 10.2. The van der Waals surface area contributed by atoms with Crippen molar-refractivity contribution in [3.63, 3.8) is 0 Å². The Morgan fingerprint density at radius 2 is 2.21 bits per heavy atom. The van der Waals surface area contributed by atoms with Crippen LogP contribution in [0.2, 0.25) is 0 Å². The van der Waals surface area contributed by atoms with Gasteiger partial charge in [-0.3, -0.25) is 0 Å². The summed E-state index contributed by atoms with van der Waals surface area (Å²) in [6.07, 6.45) is 4.18. The van der Waals surface area contributed by atoms with Crippen LogP contribution in [0.25, 0.3) is 0 Å². The van der Waals surface area contributed by atoms with E-state index in [9.17, 15) is 4.79 Å². The third-order valence-corrected chi connectivity index (χ3v) is 2.54. The lowest BCUT2D eigenvalue weighted by Gasteiger charge is -2.12. The van der Waals surface area contributed by atoms with Crippen LogP contribution in [0.1, 0.15) is 35.0 Å². The topological polar surface area (TPSA) is 74.5 Å². The maximum Gasteiger partial charge on any atom is 0.356 e.